The largest absolute Gasteiger partial charge is 0.361 e. The van der Waals surface area contributed by atoms with Gasteiger partial charge >= 0.3 is 0 Å². The van der Waals surface area contributed by atoms with Crippen LogP contribution in [0.4, 0.5) is 0 Å². The van der Waals surface area contributed by atoms with Gasteiger partial charge in [-0.3, -0.25) is 4.79 Å². The van der Waals surface area contributed by atoms with E-state index in [-0.39, 0.29) is 11.8 Å². The number of carbonyl (C=O) groups is 1. The fourth-order valence-electron chi connectivity index (χ4n) is 4.06. The van der Waals surface area contributed by atoms with Crippen LogP contribution in [-0.4, -0.2) is 32.4 Å². The SMILES string of the molecule is Cc1cccc(-n2nnc(C(=O)NCC(c3cccs3)c3c[nH]c4ccccc34)c2C)c1. The minimum atomic E-state index is -0.220. The Morgan fingerprint density at radius 3 is 2.81 bits per heavy atom. The van der Waals surface area contributed by atoms with Crippen LogP contribution in [0.5, 0.6) is 0 Å². The van der Waals surface area contributed by atoms with Crippen molar-refractivity contribution in [3.63, 3.8) is 0 Å². The number of fused-ring (bicyclic) bond motifs is 1. The maximum absolute atomic E-state index is 13.1. The van der Waals surface area contributed by atoms with Crippen LogP contribution < -0.4 is 5.32 Å². The topological polar surface area (TPSA) is 75.6 Å². The van der Waals surface area contributed by atoms with Crippen LogP contribution in [0.1, 0.15) is 38.1 Å². The summed E-state index contributed by atoms with van der Waals surface area (Å²) in [6.45, 7) is 4.37. The monoisotopic (exact) mass is 441 g/mol. The minimum absolute atomic E-state index is 0.0437. The maximum Gasteiger partial charge on any atom is 0.273 e. The molecule has 3 aromatic heterocycles. The first-order valence-electron chi connectivity index (χ1n) is 10.5. The average Bonchev–Trinajstić information content (AvgIpc) is 3.54. The third-order valence-corrected chi connectivity index (χ3v) is 6.69. The lowest BCUT2D eigenvalue weighted by Gasteiger charge is -2.16. The number of hydrogen-bond donors (Lipinski definition) is 2. The highest BCUT2D eigenvalue weighted by molar-refractivity contribution is 7.10. The normalized spacial score (nSPS) is 12.2. The summed E-state index contributed by atoms with van der Waals surface area (Å²) < 4.78 is 1.71. The van der Waals surface area contributed by atoms with Crippen LogP contribution in [-0.2, 0) is 0 Å². The highest BCUT2D eigenvalue weighted by Crippen LogP contribution is 2.32. The highest BCUT2D eigenvalue weighted by Gasteiger charge is 2.22. The number of aromatic amines is 1. The Kier molecular flexibility index (Phi) is 5.33. The lowest BCUT2D eigenvalue weighted by molar-refractivity contribution is 0.0947. The van der Waals surface area contributed by atoms with E-state index in [1.165, 1.54) is 15.8 Å². The molecule has 1 unspecified atom stereocenters. The van der Waals surface area contributed by atoms with Gasteiger partial charge in [0.1, 0.15) is 0 Å². The molecule has 5 aromatic rings. The first-order valence-corrected chi connectivity index (χ1v) is 11.4. The van der Waals surface area contributed by atoms with E-state index in [0.717, 1.165) is 16.8 Å². The van der Waals surface area contributed by atoms with Crippen molar-refractivity contribution in [1.82, 2.24) is 25.3 Å². The molecule has 3 heterocycles. The standard InChI is InChI=1S/C25H23N5OS/c1-16-7-5-8-18(13-16)30-17(2)24(28-29-30)25(31)27-15-21(23-11-6-12-32-23)20-14-26-22-10-4-3-9-19(20)22/h3-14,21,26H,15H2,1-2H3,(H,27,31). The van der Waals surface area contributed by atoms with Crippen LogP contribution in [0.2, 0.25) is 0 Å². The molecule has 0 saturated carbocycles. The Hall–Kier alpha value is -3.71. The van der Waals surface area contributed by atoms with Crippen LogP contribution in [0.15, 0.2) is 72.2 Å². The fourth-order valence-corrected chi connectivity index (χ4v) is 4.90. The molecule has 32 heavy (non-hydrogen) atoms. The summed E-state index contributed by atoms with van der Waals surface area (Å²) in [4.78, 5) is 17.6. The Bertz CT molecular complexity index is 1380. The van der Waals surface area contributed by atoms with E-state index in [1.807, 2.05) is 62.5 Å². The molecule has 0 fully saturated rings. The molecule has 0 aliphatic rings. The molecule has 2 aromatic carbocycles. The smallest absolute Gasteiger partial charge is 0.273 e. The summed E-state index contributed by atoms with van der Waals surface area (Å²) in [6.07, 6.45) is 2.04. The predicted octanol–water partition coefficient (Wildman–Crippen LogP) is 4.99. The number of hydrogen-bond acceptors (Lipinski definition) is 4. The van der Waals surface area contributed by atoms with E-state index in [1.54, 1.807) is 16.0 Å². The number of benzene rings is 2. The van der Waals surface area contributed by atoms with Gasteiger partial charge in [-0.05, 0) is 54.6 Å². The van der Waals surface area contributed by atoms with Gasteiger partial charge in [-0.1, -0.05) is 41.6 Å². The van der Waals surface area contributed by atoms with E-state index in [4.69, 9.17) is 0 Å². The number of para-hydroxylation sites is 1. The van der Waals surface area contributed by atoms with Crippen molar-refractivity contribution in [1.29, 1.82) is 0 Å². The molecular weight excluding hydrogens is 418 g/mol. The number of aryl methyl sites for hydroxylation is 1. The zero-order chi connectivity index (χ0) is 22.1. The molecule has 1 amide bonds. The summed E-state index contributed by atoms with van der Waals surface area (Å²) in [5.74, 6) is -0.176. The van der Waals surface area contributed by atoms with Crippen molar-refractivity contribution >= 4 is 28.1 Å². The first-order chi connectivity index (χ1) is 15.6. The van der Waals surface area contributed by atoms with Gasteiger partial charge in [-0.2, -0.15) is 0 Å². The zero-order valence-corrected chi connectivity index (χ0v) is 18.7. The number of carbonyl (C=O) groups excluding carboxylic acids is 1. The minimum Gasteiger partial charge on any atom is -0.361 e. The summed E-state index contributed by atoms with van der Waals surface area (Å²) in [6, 6.07) is 20.4. The lowest BCUT2D eigenvalue weighted by atomic mass is 9.96. The van der Waals surface area contributed by atoms with Gasteiger partial charge in [0.25, 0.3) is 5.91 Å². The molecule has 0 spiro atoms. The predicted molar refractivity (Wildman–Crippen MR) is 128 cm³/mol. The van der Waals surface area contributed by atoms with E-state index in [9.17, 15) is 4.79 Å². The molecule has 6 nitrogen and oxygen atoms in total. The Labute approximate surface area is 189 Å². The van der Waals surface area contributed by atoms with Crippen LogP contribution in [0, 0.1) is 13.8 Å². The molecule has 1 atom stereocenters. The van der Waals surface area contributed by atoms with Gasteiger partial charge in [0.05, 0.1) is 11.4 Å². The van der Waals surface area contributed by atoms with Crippen molar-refractivity contribution in [3.8, 4) is 5.69 Å². The summed E-state index contributed by atoms with van der Waals surface area (Å²) in [7, 11) is 0. The first kappa shape index (κ1) is 20.2. The van der Waals surface area contributed by atoms with E-state index >= 15 is 0 Å². The molecule has 7 heteroatoms. The molecule has 0 radical (unpaired) electrons. The second-order valence-electron chi connectivity index (χ2n) is 7.84. The number of nitrogens with zero attached hydrogens (tertiary/aromatic N) is 3. The zero-order valence-electron chi connectivity index (χ0n) is 17.9. The highest BCUT2D eigenvalue weighted by atomic mass is 32.1. The Morgan fingerprint density at radius 2 is 2.00 bits per heavy atom. The van der Waals surface area contributed by atoms with Gasteiger partial charge in [0.15, 0.2) is 5.69 Å². The van der Waals surface area contributed by atoms with E-state index in [0.29, 0.717) is 17.9 Å². The van der Waals surface area contributed by atoms with Crippen LogP contribution in [0.3, 0.4) is 0 Å². The van der Waals surface area contributed by atoms with Crippen molar-refractivity contribution in [3.05, 3.63) is 99.6 Å². The molecule has 160 valence electrons. The van der Waals surface area contributed by atoms with Crippen LogP contribution >= 0.6 is 11.3 Å². The van der Waals surface area contributed by atoms with Crippen molar-refractivity contribution in [2.75, 3.05) is 6.54 Å². The molecular formula is C25H23N5OS. The second kappa shape index (κ2) is 8.43. The number of rotatable bonds is 6. The van der Waals surface area contributed by atoms with Crippen molar-refractivity contribution < 1.29 is 4.79 Å². The Morgan fingerprint density at radius 1 is 1.12 bits per heavy atom. The fraction of sp³-hybridized carbons (Fsp3) is 0.160. The molecule has 2 N–H and O–H groups in total. The number of amides is 1. The quantitative estimate of drug-likeness (QED) is 0.390. The average molecular weight is 442 g/mol. The lowest BCUT2D eigenvalue weighted by Crippen LogP contribution is -2.29. The molecule has 5 rings (SSSR count). The van der Waals surface area contributed by atoms with Crippen molar-refractivity contribution in [2.45, 2.75) is 19.8 Å². The number of thiophene rings is 1. The Balaban J connectivity index is 1.40. The summed E-state index contributed by atoms with van der Waals surface area (Å²) in [5.41, 5.74) is 5.34. The van der Waals surface area contributed by atoms with Gasteiger partial charge < -0.3 is 10.3 Å². The number of H-pyrrole nitrogens is 1. The van der Waals surface area contributed by atoms with Crippen LogP contribution in [0.25, 0.3) is 16.6 Å². The van der Waals surface area contributed by atoms with Gasteiger partial charge in [0, 0.05) is 34.4 Å². The summed E-state index contributed by atoms with van der Waals surface area (Å²) in [5, 5.41) is 14.7. The number of aromatic nitrogens is 4. The molecule has 0 aliphatic carbocycles. The van der Waals surface area contributed by atoms with Gasteiger partial charge in [0.2, 0.25) is 0 Å². The molecule has 0 aliphatic heterocycles. The van der Waals surface area contributed by atoms with Gasteiger partial charge in [-0.15, -0.1) is 16.4 Å². The van der Waals surface area contributed by atoms with Crippen molar-refractivity contribution in [2.24, 2.45) is 0 Å². The molecule has 0 bridgehead atoms. The van der Waals surface area contributed by atoms with E-state index in [2.05, 4.69) is 44.2 Å². The third-order valence-electron chi connectivity index (χ3n) is 5.71. The maximum atomic E-state index is 13.1. The molecule has 0 saturated heterocycles. The van der Waals surface area contributed by atoms with E-state index < -0.39 is 0 Å². The number of nitrogens with one attached hydrogen (secondary N) is 2. The second-order valence-corrected chi connectivity index (χ2v) is 8.82. The summed E-state index contributed by atoms with van der Waals surface area (Å²) >= 11 is 1.69. The third kappa shape index (κ3) is 3.71. The van der Waals surface area contributed by atoms with Gasteiger partial charge in [-0.25, -0.2) is 4.68 Å².